The Labute approximate surface area is 94.4 Å². The molecule has 0 spiro atoms. The molecule has 0 saturated heterocycles. The number of halogens is 1. The number of hydrogen-bond acceptors (Lipinski definition) is 2. The number of H-pyrrole nitrogens is 1. The molecule has 0 bridgehead atoms. The second kappa shape index (κ2) is 5.75. The molecule has 2 N–H and O–H groups in total. The van der Waals surface area contributed by atoms with Crippen molar-refractivity contribution in [1.82, 2.24) is 15.5 Å². The SMILES string of the molecule is Cc1[nH]ncc1C(=O)NC(C)CCCCl. The summed E-state index contributed by atoms with van der Waals surface area (Å²) in [6.07, 6.45) is 3.35. The van der Waals surface area contributed by atoms with Crippen LogP contribution in [0.4, 0.5) is 0 Å². The largest absolute Gasteiger partial charge is 0.349 e. The summed E-state index contributed by atoms with van der Waals surface area (Å²) in [6.45, 7) is 3.80. The molecule has 0 radical (unpaired) electrons. The van der Waals surface area contributed by atoms with Crippen molar-refractivity contribution in [3.05, 3.63) is 17.5 Å². The number of rotatable bonds is 5. The molecule has 0 aliphatic heterocycles. The molecule has 1 unspecified atom stereocenters. The highest BCUT2D eigenvalue weighted by Crippen LogP contribution is 2.04. The fraction of sp³-hybridized carbons (Fsp3) is 0.600. The predicted molar refractivity (Wildman–Crippen MR) is 60.2 cm³/mol. The van der Waals surface area contributed by atoms with E-state index in [1.807, 2.05) is 13.8 Å². The molecule has 1 aromatic rings. The van der Waals surface area contributed by atoms with E-state index < -0.39 is 0 Å². The van der Waals surface area contributed by atoms with E-state index in [9.17, 15) is 4.79 Å². The first-order valence-electron chi connectivity index (χ1n) is 5.02. The van der Waals surface area contributed by atoms with Crippen molar-refractivity contribution < 1.29 is 4.79 Å². The lowest BCUT2D eigenvalue weighted by molar-refractivity contribution is 0.0938. The number of aromatic nitrogens is 2. The molecule has 1 rings (SSSR count). The summed E-state index contributed by atoms with van der Waals surface area (Å²) in [7, 11) is 0. The monoisotopic (exact) mass is 229 g/mol. The van der Waals surface area contributed by atoms with Crippen LogP contribution in [0.25, 0.3) is 0 Å². The number of aromatic amines is 1. The molecule has 0 fully saturated rings. The molecule has 1 aromatic heterocycles. The van der Waals surface area contributed by atoms with E-state index in [2.05, 4.69) is 15.5 Å². The van der Waals surface area contributed by atoms with Gasteiger partial charge in [0.2, 0.25) is 0 Å². The molecule has 5 heteroatoms. The molecule has 0 aliphatic carbocycles. The number of nitrogens with one attached hydrogen (secondary N) is 2. The molecule has 15 heavy (non-hydrogen) atoms. The second-order valence-electron chi connectivity index (χ2n) is 3.61. The van der Waals surface area contributed by atoms with Crippen LogP contribution < -0.4 is 5.32 Å². The van der Waals surface area contributed by atoms with Gasteiger partial charge in [-0.15, -0.1) is 11.6 Å². The number of nitrogens with zero attached hydrogens (tertiary/aromatic N) is 1. The fourth-order valence-corrected chi connectivity index (χ4v) is 1.49. The van der Waals surface area contributed by atoms with Crippen molar-refractivity contribution in [2.75, 3.05) is 5.88 Å². The lowest BCUT2D eigenvalue weighted by atomic mass is 10.1. The molecule has 1 amide bonds. The Balaban J connectivity index is 2.46. The highest BCUT2D eigenvalue weighted by Gasteiger charge is 2.12. The van der Waals surface area contributed by atoms with Gasteiger partial charge in [0, 0.05) is 17.6 Å². The van der Waals surface area contributed by atoms with Crippen molar-refractivity contribution in [3.63, 3.8) is 0 Å². The van der Waals surface area contributed by atoms with E-state index >= 15 is 0 Å². The minimum atomic E-state index is -0.0803. The van der Waals surface area contributed by atoms with E-state index in [1.165, 1.54) is 0 Å². The maximum absolute atomic E-state index is 11.7. The van der Waals surface area contributed by atoms with Crippen LogP contribution in [0, 0.1) is 6.92 Å². The van der Waals surface area contributed by atoms with Crippen molar-refractivity contribution in [1.29, 1.82) is 0 Å². The minimum absolute atomic E-state index is 0.0803. The van der Waals surface area contributed by atoms with Gasteiger partial charge in [0.05, 0.1) is 11.8 Å². The molecule has 1 heterocycles. The third-order valence-electron chi connectivity index (χ3n) is 2.22. The Morgan fingerprint density at radius 1 is 1.73 bits per heavy atom. The first-order valence-corrected chi connectivity index (χ1v) is 5.55. The van der Waals surface area contributed by atoms with Crippen LogP contribution >= 0.6 is 11.6 Å². The second-order valence-corrected chi connectivity index (χ2v) is 3.99. The molecule has 84 valence electrons. The van der Waals surface area contributed by atoms with E-state index in [0.717, 1.165) is 18.5 Å². The molecule has 0 aliphatic rings. The standard InChI is InChI=1S/C10H16ClN3O/c1-7(4-3-5-11)13-10(15)9-6-12-14-8(9)2/h6-7H,3-5H2,1-2H3,(H,12,14)(H,13,15). The third kappa shape index (κ3) is 3.55. The topological polar surface area (TPSA) is 57.8 Å². The molecule has 0 saturated carbocycles. The lowest BCUT2D eigenvalue weighted by Crippen LogP contribution is -2.32. The van der Waals surface area contributed by atoms with Gasteiger partial charge in [-0.2, -0.15) is 5.10 Å². The summed E-state index contributed by atoms with van der Waals surface area (Å²) in [4.78, 5) is 11.7. The van der Waals surface area contributed by atoms with Crippen LogP contribution in [0.1, 0.15) is 35.8 Å². The summed E-state index contributed by atoms with van der Waals surface area (Å²) in [5.41, 5.74) is 1.39. The summed E-state index contributed by atoms with van der Waals surface area (Å²) in [5.74, 6) is 0.550. The van der Waals surface area contributed by atoms with Gasteiger partial charge >= 0.3 is 0 Å². The normalized spacial score (nSPS) is 12.5. The Morgan fingerprint density at radius 3 is 3.00 bits per heavy atom. The Kier molecular flexibility index (Phi) is 4.62. The van der Waals surface area contributed by atoms with Crippen molar-refractivity contribution >= 4 is 17.5 Å². The van der Waals surface area contributed by atoms with E-state index in [0.29, 0.717) is 11.4 Å². The first-order chi connectivity index (χ1) is 7.15. The van der Waals surface area contributed by atoms with Crippen LogP contribution in [0.2, 0.25) is 0 Å². The highest BCUT2D eigenvalue weighted by molar-refractivity contribution is 6.17. The van der Waals surface area contributed by atoms with Crippen molar-refractivity contribution in [2.24, 2.45) is 0 Å². The maximum atomic E-state index is 11.7. The Hall–Kier alpha value is -1.03. The van der Waals surface area contributed by atoms with Gasteiger partial charge < -0.3 is 5.32 Å². The van der Waals surface area contributed by atoms with Gasteiger partial charge in [-0.1, -0.05) is 0 Å². The summed E-state index contributed by atoms with van der Waals surface area (Å²) in [6, 6.07) is 0.144. The van der Waals surface area contributed by atoms with E-state index in [4.69, 9.17) is 11.6 Å². The third-order valence-corrected chi connectivity index (χ3v) is 2.49. The predicted octanol–water partition coefficient (Wildman–Crippen LogP) is 1.86. The summed E-state index contributed by atoms with van der Waals surface area (Å²) < 4.78 is 0. The van der Waals surface area contributed by atoms with Gasteiger partial charge in [0.1, 0.15) is 0 Å². The average Bonchev–Trinajstić information content (AvgIpc) is 2.61. The number of aryl methyl sites for hydroxylation is 1. The lowest BCUT2D eigenvalue weighted by Gasteiger charge is -2.12. The highest BCUT2D eigenvalue weighted by atomic mass is 35.5. The van der Waals surface area contributed by atoms with Crippen LogP contribution in [-0.2, 0) is 0 Å². The molecular weight excluding hydrogens is 214 g/mol. The number of alkyl halides is 1. The number of hydrogen-bond donors (Lipinski definition) is 2. The van der Waals surface area contributed by atoms with Crippen molar-refractivity contribution in [2.45, 2.75) is 32.7 Å². The Bertz CT molecular complexity index is 324. The fourth-order valence-electron chi connectivity index (χ4n) is 1.34. The van der Waals surface area contributed by atoms with Crippen LogP contribution in [0.5, 0.6) is 0 Å². The zero-order valence-corrected chi connectivity index (χ0v) is 9.77. The zero-order valence-electron chi connectivity index (χ0n) is 9.01. The Morgan fingerprint density at radius 2 is 2.47 bits per heavy atom. The minimum Gasteiger partial charge on any atom is -0.349 e. The molecular formula is C10H16ClN3O. The number of amides is 1. The van der Waals surface area contributed by atoms with E-state index in [1.54, 1.807) is 6.20 Å². The van der Waals surface area contributed by atoms with Crippen molar-refractivity contribution in [3.8, 4) is 0 Å². The zero-order chi connectivity index (χ0) is 11.3. The maximum Gasteiger partial charge on any atom is 0.254 e. The first kappa shape index (κ1) is 12.0. The van der Waals surface area contributed by atoms with Crippen LogP contribution in [0.15, 0.2) is 6.20 Å². The summed E-state index contributed by atoms with van der Waals surface area (Å²) >= 11 is 5.58. The van der Waals surface area contributed by atoms with Gasteiger partial charge in [0.25, 0.3) is 5.91 Å². The molecule has 4 nitrogen and oxygen atoms in total. The smallest absolute Gasteiger partial charge is 0.254 e. The van der Waals surface area contributed by atoms with E-state index in [-0.39, 0.29) is 11.9 Å². The molecule has 1 atom stereocenters. The molecule has 0 aromatic carbocycles. The van der Waals surface area contributed by atoms with Gasteiger partial charge in [-0.3, -0.25) is 9.89 Å². The van der Waals surface area contributed by atoms with Gasteiger partial charge in [-0.25, -0.2) is 0 Å². The quantitative estimate of drug-likeness (QED) is 0.758. The van der Waals surface area contributed by atoms with Crippen LogP contribution in [0.3, 0.4) is 0 Å². The number of carbonyl (C=O) groups excluding carboxylic acids is 1. The number of carbonyl (C=O) groups is 1. The average molecular weight is 230 g/mol. The van der Waals surface area contributed by atoms with Crippen LogP contribution in [-0.4, -0.2) is 28.0 Å². The van der Waals surface area contributed by atoms with Gasteiger partial charge in [-0.05, 0) is 26.7 Å². The summed E-state index contributed by atoms with van der Waals surface area (Å²) in [5, 5.41) is 9.44. The van der Waals surface area contributed by atoms with Gasteiger partial charge in [0.15, 0.2) is 0 Å².